The summed E-state index contributed by atoms with van der Waals surface area (Å²) in [6.07, 6.45) is 0.627. The molecule has 0 spiro atoms. The Morgan fingerprint density at radius 3 is 2.72 bits per heavy atom. The van der Waals surface area contributed by atoms with Gasteiger partial charge in [-0.1, -0.05) is 11.6 Å². The van der Waals surface area contributed by atoms with E-state index >= 15 is 0 Å². The van der Waals surface area contributed by atoms with Crippen molar-refractivity contribution in [3.05, 3.63) is 53.3 Å². The van der Waals surface area contributed by atoms with Gasteiger partial charge in [0.2, 0.25) is 0 Å². The smallest absolute Gasteiger partial charge is 0.319 e. The number of carbonyl (C=O) groups is 1. The molecule has 130 valence electrons. The third-order valence-electron chi connectivity index (χ3n) is 3.92. The molecule has 0 fully saturated rings. The summed E-state index contributed by atoms with van der Waals surface area (Å²) in [5, 5.41) is 6.22. The number of benzene rings is 2. The molecule has 0 bridgehead atoms. The monoisotopic (exact) mass is 358 g/mol. The minimum Gasteiger partial charge on any atom is -0.497 e. The molecule has 1 heterocycles. The first-order valence-corrected chi connectivity index (χ1v) is 8.24. The fourth-order valence-electron chi connectivity index (χ4n) is 2.58. The molecular weight excluding hydrogens is 340 g/mol. The van der Waals surface area contributed by atoms with Crippen LogP contribution in [-0.4, -0.2) is 29.2 Å². The first-order valence-electron chi connectivity index (χ1n) is 7.86. The van der Waals surface area contributed by atoms with Gasteiger partial charge in [-0.15, -0.1) is 0 Å². The number of fused-ring (bicyclic) bond motifs is 1. The highest BCUT2D eigenvalue weighted by molar-refractivity contribution is 6.30. The van der Waals surface area contributed by atoms with Crippen LogP contribution < -0.4 is 15.4 Å². The molecule has 2 aromatic carbocycles. The standard InChI is InChI=1S/C18H19ClN4O2/c1-23-16-8-7-14(25-2)11-15(16)22-17(23)9-10-20-18(24)21-13-5-3-12(19)4-6-13/h3-8,11H,9-10H2,1-2H3,(H2,20,21,24). The fraction of sp³-hybridized carbons (Fsp3) is 0.222. The number of urea groups is 1. The summed E-state index contributed by atoms with van der Waals surface area (Å²) in [7, 11) is 3.60. The lowest BCUT2D eigenvalue weighted by atomic mass is 10.3. The minimum absolute atomic E-state index is 0.261. The van der Waals surface area contributed by atoms with Gasteiger partial charge in [0.05, 0.1) is 18.1 Å². The number of imidazole rings is 1. The van der Waals surface area contributed by atoms with Crippen LogP contribution >= 0.6 is 11.6 Å². The Labute approximate surface area is 150 Å². The lowest BCUT2D eigenvalue weighted by Crippen LogP contribution is -2.30. The van der Waals surface area contributed by atoms with Crippen LogP contribution in [0.15, 0.2) is 42.5 Å². The van der Waals surface area contributed by atoms with Crippen LogP contribution in [0, 0.1) is 0 Å². The number of rotatable bonds is 5. The molecule has 0 aliphatic heterocycles. The van der Waals surface area contributed by atoms with Crippen molar-refractivity contribution in [1.82, 2.24) is 14.9 Å². The van der Waals surface area contributed by atoms with Gasteiger partial charge < -0.3 is 19.9 Å². The highest BCUT2D eigenvalue weighted by Crippen LogP contribution is 2.21. The second kappa shape index (κ2) is 7.44. The zero-order chi connectivity index (χ0) is 17.8. The molecule has 0 aliphatic carbocycles. The maximum atomic E-state index is 11.9. The summed E-state index contributed by atoms with van der Waals surface area (Å²) in [4.78, 5) is 16.5. The summed E-state index contributed by atoms with van der Waals surface area (Å²) >= 11 is 5.82. The summed E-state index contributed by atoms with van der Waals surface area (Å²) < 4.78 is 7.25. The summed E-state index contributed by atoms with van der Waals surface area (Å²) in [5.74, 6) is 1.67. The van der Waals surface area contributed by atoms with Crippen LogP contribution in [0.4, 0.5) is 10.5 Å². The normalized spacial score (nSPS) is 10.7. The Kier molecular flexibility index (Phi) is 5.09. The minimum atomic E-state index is -0.261. The number of nitrogens with zero attached hydrogens (tertiary/aromatic N) is 2. The van der Waals surface area contributed by atoms with E-state index in [1.807, 2.05) is 29.8 Å². The molecule has 0 saturated heterocycles. The van der Waals surface area contributed by atoms with Gasteiger partial charge in [0.1, 0.15) is 11.6 Å². The predicted molar refractivity (Wildman–Crippen MR) is 99.4 cm³/mol. The Bertz CT molecular complexity index is 890. The predicted octanol–water partition coefficient (Wildman–Crippen LogP) is 3.60. The molecule has 2 N–H and O–H groups in total. The lowest BCUT2D eigenvalue weighted by molar-refractivity contribution is 0.252. The average molecular weight is 359 g/mol. The SMILES string of the molecule is COc1ccc2c(c1)nc(CCNC(=O)Nc1ccc(Cl)cc1)n2C. The number of aromatic nitrogens is 2. The van der Waals surface area contributed by atoms with E-state index in [0.717, 1.165) is 22.6 Å². The number of aryl methyl sites for hydroxylation is 1. The van der Waals surface area contributed by atoms with Gasteiger partial charge in [-0.2, -0.15) is 0 Å². The number of carbonyl (C=O) groups excluding carboxylic acids is 1. The topological polar surface area (TPSA) is 68.2 Å². The molecule has 3 rings (SSSR count). The Morgan fingerprint density at radius 2 is 2.00 bits per heavy atom. The van der Waals surface area contributed by atoms with Crippen LogP contribution in [0.25, 0.3) is 11.0 Å². The second-order valence-electron chi connectivity index (χ2n) is 5.58. The number of nitrogens with one attached hydrogen (secondary N) is 2. The largest absolute Gasteiger partial charge is 0.497 e. The zero-order valence-electron chi connectivity index (χ0n) is 14.0. The summed E-state index contributed by atoms with van der Waals surface area (Å²) in [6.45, 7) is 0.480. The third-order valence-corrected chi connectivity index (χ3v) is 4.17. The van der Waals surface area contributed by atoms with Crippen LogP contribution in [0.2, 0.25) is 5.02 Å². The molecule has 0 saturated carbocycles. The second-order valence-corrected chi connectivity index (χ2v) is 6.02. The van der Waals surface area contributed by atoms with E-state index in [4.69, 9.17) is 16.3 Å². The molecule has 0 unspecified atom stereocenters. The van der Waals surface area contributed by atoms with Gasteiger partial charge in [0.25, 0.3) is 0 Å². The Morgan fingerprint density at radius 1 is 1.24 bits per heavy atom. The Hall–Kier alpha value is -2.73. The van der Waals surface area contributed by atoms with Crippen molar-refractivity contribution in [3.63, 3.8) is 0 Å². The first kappa shape index (κ1) is 17.1. The van der Waals surface area contributed by atoms with Crippen molar-refractivity contribution in [2.24, 2.45) is 7.05 Å². The van der Waals surface area contributed by atoms with E-state index in [1.165, 1.54) is 0 Å². The number of hydrogen-bond donors (Lipinski definition) is 2. The molecule has 25 heavy (non-hydrogen) atoms. The number of halogens is 1. The molecular formula is C18H19ClN4O2. The summed E-state index contributed by atoms with van der Waals surface area (Å²) in [5.41, 5.74) is 2.60. The van der Waals surface area contributed by atoms with Gasteiger partial charge >= 0.3 is 6.03 Å². The maximum Gasteiger partial charge on any atom is 0.319 e. The molecule has 3 aromatic rings. The van der Waals surface area contributed by atoms with Crippen molar-refractivity contribution in [3.8, 4) is 5.75 Å². The average Bonchev–Trinajstić information content (AvgIpc) is 2.92. The highest BCUT2D eigenvalue weighted by atomic mass is 35.5. The zero-order valence-corrected chi connectivity index (χ0v) is 14.8. The molecule has 1 aromatic heterocycles. The van der Waals surface area contributed by atoms with Crippen molar-refractivity contribution in [2.75, 3.05) is 19.0 Å². The van der Waals surface area contributed by atoms with E-state index in [2.05, 4.69) is 15.6 Å². The molecule has 0 radical (unpaired) electrons. The van der Waals surface area contributed by atoms with Gasteiger partial charge in [-0.3, -0.25) is 0 Å². The quantitative estimate of drug-likeness (QED) is 0.732. The van der Waals surface area contributed by atoms with Crippen LogP contribution in [0.5, 0.6) is 5.75 Å². The van der Waals surface area contributed by atoms with Gasteiger partial charge in [0, 0.05) is 36.8 Å². The summed E-state index contributed by atoms with van der Waals surface area (Å²) in [6, 6.07) is 12.5. The van der Waals surface area contributed by atoms with Gasteiger partial charge in [-0.05, 0) is 36.4 Å². The van der Waals surface area contributed by atoms with Gasteiger partial charge in [-0.25, -0.2) is 9.78 Å². The van der Waals surface area contributed by atoms with Gasteiger partial charge in [0.15, 0.2) is 0 Å². The van der Waals surface area contributed by atoms with Crippen molar-refractivity contribution in [2.45, 2.75) is 6.42 Å². The maximum absolute atomic E-state index is 11.9. The number of amides is 2. The molecule has 0 atom stereocenters. The van der Waals surface area contributed by atoms with Crippen LogP contribution in [0.3, 0.4) is 0 Å². The van der Waals surface area contributed by atoms with E-state index < -0.39 is 0 Å². The number of methoxy groups -OCH3 is 1. The molecule has 0 aliphatic rings. The van der Waals surface area contributed by atoms with Crippen molar-refractivity contribution in [1.29, 1.82) is 0 Å². The Balaban J connectivity index is 1.58. The molecule has 6 nitrogen and oxygen atoms in total. The van der Waals surface area contributed by atoms with E-state index in [1.54, 1.807) is 31.4 Å². The first-order chi connectivity index (χ1) is 12.1. The molecule has 2 amide bonds. The fourth-order valence-corrected chi connectivity index (χ4v) is 2.70. The van der Waals surface area contributed by atoms with Crippen molar-refractivity contribution >= 4 is 34.4 Å². The number of anilines is 1. The van der Waals surface area contributed by atoms with Crippen molar-refractivity contribution < 1.29 is 9.53 Å². The number of hydrogen-bond acceptors (Lipinski definition) is 3. The highest BCUT2D eigenvalue weighted by Gasteiger charge is 2.09. The molecule has 7 heteroatoms. The number of ether oxygens (including phenoxy) is 1. The van der Waals surface area contributed by atoms with Crippen LogP contribution in [-0.2, 0) is 13.5 Å². The third kappa shape index (κ3) is 4.03. The lowest BCUT2D eigenvalue weighted by Gasteiger charge is -2.08. The van der Waals surface area contributed by atoms with Crippen LogP contribution in [0.1, 0.15) is 5.82 Å². The van der Waals surface area contributed by atoms with E-state index in [-0.39, 0.29) is 6.03 Å². The van der Waals surface area contributed by atoms with E-state index in [0.29, 0.717) is 23.7 Å². The van der Waals surface area contributed by atoms with E-state index in [9.17, 15) is 4.79 Å².